The molecule has 6 heteroatoms. The lowest BCUT2D eigenvalue weighted by atomic mass is 9.97. The molecule has 0 aromatic heterocycles. The highest BCUT2D eigenvalue weighted by Gasteiger charge is 2.27. The topological polar surface area (TPSA) is 49.7 Å². The standard InChI is InChI=1S/C13H17F3O3/c1-7-9(5-4-6-13(14,15)16)11(18)12(19-3)8(2)10(7)17/h17-18H,4-6H2,1-3H3. The monoisotopic (exact) mass is 278 g/mol. The Morgan fingerprint density at radius 2 is 1.63 bits per heavy atom. The van der Waals surface area contributed by atoms with Crippen LogP contribution in [0.15, 0.2) is 0 Å². The average molecular weight is 278 g/mol. The lowest BCUT2D eigenvalue weighted by Crippen LogP contribution is -2.08. The van der Waals surface area contributed by atoms with E-state index in [0.29, 0.717) is 16.7 Å². The molecule has 108 valence electrons. The molecule has 0 aliphatic heterocycles. The van der Waals surface area contributed by atoms with Gasteiger partial charge in [0.1, 0.15) is 5.75 Å². The molecule has 0 amide bonds. The van der Waals surface area contributed by atoms with Gasteiger partial charge >= 0.3 is 6.18 Å². The van der Waals surface area contributed by atoms with Crippen molar-refractivity contribution < 1.29 is 28.1 Å². The first-order valence-corrected chi connectivity index (χ1v) is 5.83. The predicted octanol–water partition coefficient (Wildman–Crippen LogP) is 3.61. The van der Waals surface area contributed by atoms with E-state index in [9.17, 15) is 23.4 Å². The van der Waals surface area contributed by atoms with Gasteiger partial charge in [0.25, 0.3) is 0 Å². The van der Waals surface area contributed by atoms with Gasteiger partial charge in [0, 0.05) is 17.5 Å². The number of hydrogen-bond donors (Lipinski definition) is 2. The van der Waals surface area contributed by atoms with Crippen LogP contribution < -0.4 is 4.74 Å². The Morgan fingerprint density at radius 3 is 2.11 bits per heavy atom. The van der Waals surface area contributed by atoms with Crippen molar-refractivity contribution in [3.8, 4) is 17.2 Å². The number of methoxy groups -OCH3 is 1. The Balaban J connectivity index is 3.04. The molecule has 0 heterocycles. The van der Waals surface area contributed by atoms with Crippen LogP contribution in [0.3, 0.4) is 0 Å². The zero-order valence-corrected chi connectivity index (χ0v) is 11.1. The van der Waals surface area contributed by atoms with E-state index in [0.717, 1.165) is 0 Å². The molecule has 0 bridgehead atoms. The van der Waals surface area contributed by atoms with Gasteiger partial charge in [0.15, 0.2) is 11.5 Å². The zero-order valence-electron chi connectivity index (χ0n) is 11.1. The zero-order chi connectivity index (χ0) is 14.8. The summed E-state index contributed by atoms with van der Waals surface area (Å²) in [7, 11) is 1.33. The van der Waals surface area contributed by atoms with Crippen LogP contribution in [0.5, 0.6) is 17.2 Å². The summed E-state index contributed by atoms with van der Waals surface area (Å²) in [6.45, 7) is 3.13. The predicted molar refractivity (Wildman–Crippen MR) is 64.8 cm³/mol. The van der Waals surface area contributed by atoms with Crippen molar-refractivity contribution in [3.63, 3.8) is 0 Å². The maximum atomic E-state index is 12.1. The molecule has 0 unspecified atom stereocenters. The molecule has 19 heavy (non-hydrogen) atoms. The normalized spacial score (nSPS) is 11.7. The summed E-state index contributed by atoms with van der Waals surface area (Å²) in [5, 5.41) is 19.9. The van der Waals surface area contributed by atoms with Gasteiger partial charge in [0.2, 0.25) is 0 Å². The highest BCUT2D eigenvalue weighted by Crippen LogP contribution is 2.42. The summed E-state index contributed by atoms with van der Waals surface area (Å²) in [4.78, 5) is 0. The van der Waals surface area contributed by atoms with Crippen molar-refractivity contribution in [2.24, 2.45) is 0 Å². The van der Waals surface area contributed by atoms with Gasteiger partial charge in [-0.3, -0.25) is 0 Å². The number of alkyl halides is 3. The molecular formula is C13H17F3O3. The Labute approximate surface area is 109 Å². The van der Waals surface area contributed by atoms with Gasteiger partial charge in [-0.15, -0.1) is 0 Å². The van der Waals surface area contributed by atoms with Gasteiger partial charge in [-0.1, -0.05) is 0 Å². The van der Waals surface area contributed by atoms with E-state index in [1.165, 1.54) is 7.11 Å². The Kier molecular flexibility index (Phi) is 4.55. The molecule has 0 atom stereocenters. The Hall–Kier alpha value is -1.59. The highest BCUT2D eigenvalue weighted by molar-refractivity contribution is 5.61. The third-order valence-corrected chi connectivity index (χ3v) is 3.10. The first kappa shape index (κ1) is 15.5. The van der Waals surface area contributed by atoms with Crippen molar-refractivity contribution in [3.05, 3.63) is 16.7 Å². The van der Waals surface area contributed by atoms with E-state index in [1.807, 2.05) is 0 Å². The molecule has 0 radical (unpaired) electrons. The second-order valence-corrected chi connectivity index (χ2v) is 4.43. The SMILES string of the molecule is COc1c(C)c(O)c(C)c(CCCC(F)(F)F)c1O. The number of aromatic hydroxyl groups is 2. The van der Waals surface area contributed by atoms with Gasteiger partial charge in [-0.25, -0.2) is 0 Å². The van der Waals surface area contributed by atoms with Crippen LogP contribution in [-0.4, -0.2) is 23.5 Å². The second-order valence-electron chi connectivity index (χ2n) is 4.43. The number of ether oxygens (including phenoxy) is 1. The quantitative estimate of drug-likeness (QED) is 0.827. The smallest absolute Gasteiger partial charge is 0.389 e. The Morgan fingerprint density at radius 1 is 1.05 bits per heavy atom. The first-order chi connectivity index (χ1) is 8.69. The fraction of sp³-hybridized carbons (Fsp3) is 0.538. The molecule has 0 aliphatic carbocycles. The minimum absolute atomic E-state index is 0.0291. The van der Waals surface area contributed by atoms with E-state index in [1.54, 1.807) is 13.8 Å². The van der Waals surface area contributed by atoms with Crippen molar-refractivity contribution in [2.45, 2.75) is 39.3 Å². The van der Waals surface area contributed by atoms with Crippen LogP contribution in [0.1, 0.15) is 29.5 Å². The van der Waals surface area contributed by atoms with Crippen molar-refractivity contribution in [2.75, 3.05) is 7.11 Å². The molecule has 0 aliphatic rings. The molecule has 1 aromatic carbocycles. The summed E-state index contributed by atoms with van der Waals surface area (Å²) >= 11 is 0. The van der Waals surface area contributed by atoms with Crippen molar-refractivity contribution in [1.82, 2.24) is 0 Å². The molecule has 0 spiro atoms. The largest absolute Gasteiger partial charge is 0.507 e. The van der Waals surface area contributed by atoms with Gasteiger partial charge < -0.3 is 14.9 Å². The van der Waals surface area contributed by atoms with Crippen LogP contribution in [0.4, 0.5) is 13.2 Å². The summed E-state index contributed by atoms with van der Waals surface area (Å²) in [5.41, 5.74) is 1.05. The van der Waals surface area contributed by atoms with E-state index in [-0.39, 0.29) is 30.1 Å². The molecule has 1 rings (SSSR count). The molecule has 0 saturated heterocycles. The van der Waals surface area contributed by atoms with Crippen LogP contribution in [0.25, 0.3) is 0 Å². The lowest BCUT2D eigenvalue weighted by molar-refractivity contribution is -0.135. The Bertz CT molecular complexity index is 467. The third-order valence-electron chi connectivity index (χ3n) is 3.10. The van der Waals surface area contributed by atoms with Crippen LogP contribution in [-0.2, 0) is 6.42 Å². The molecule has 0 fully saturated rings. The fourth-order valence-corrected chi connectivity index (χ4v) is 2.05. The molecule has 2 N–H and O–H groups in total. The van der Waals surface area contributed by atoms with E-state index in [2.05, 4.69) is 0 Å². The van der Waals surface area contributed by atoms with Crippen molar-refractivity contribution in [1.29, 1.82) is 0 Å². The number of phenolic OH excluding ortho intramolecular Hbond substituents is 2. The maximum absolute atomic E-state index is 12.1. The minimum atomic E-state index is -4.22. The maximum Gasteiger partial charge on any atom is 0.389 e. The van der Waals surface area contributed by atoms with Gasteiger partial charge in [-0.05, 0) is 32.3 Å². The fourth-order valence-electron chi connectivity index (χ4n) is 2.05. The number of benzene rings is 1. The lowest BCUT2D eigenvalue weighted by Gasteiger charge is -2.17. The summed E-state index contributed by atoms with van der Waals surface area (Å²) < 4.78 is 41.3. The summed E-state index contributed by atoms with van der Waals surface area (Å²) in [6, 6.07) is 0. The van der Waals surface area contributed by atoms with E-state index < -0.39 is 12.6 Å². The average Bonchev–Trinajstić information content (AvgIpc) is 2.30. The molecular weight excluding hydrogens is 261 g/mol. The van der Waals surface area contributed by atoms with E-state index >= 15 is 0 Å². The van der Waals surface area contributed by atoms with Crippen LogP contribution in [0, 0.1) is 13.8 Å². The summed E-state index contributed by atoms with van der Waals surface area (Å²) in [6.07, 6.45) is -5.27. The minimum Gasteiger partial charge on any atom is -0.507 e. The molecule has 0 saturated carbocycles. The highest BCUT2D eigenvalue weighted by atomic mass is 19.4. The number of phenols is 2. The molecule has 3 nitrogen and oxygen atoms in total. The van der Waals surface area contributed by atoms with Gasteiger partial charge in [-0.2, -0.15) is 13.2 Å². The van der Waals surface area contributed by atoms with E-state index in [4.69, 9.17) is 4.74 Å². The number of hydrogen-bond acceptors (Lipinski definition) is 3. The van der Waals surface area contributed by atoms with Crippen molar-refractivity contribution >= 4 is 0 Å². The first-order valence-electron chi connectivity index (χ1n) is 5.83. The van der Waals surface area contributed by atoms with Crippen LogP contribution in [0.2, 0.25) is 0 Å². The number of rotatable bonds is 4. The molecule has 1 aromatic rings. The van der Waals surface area contributed by atoms with Gasteiger partial charge in [0.05, 0.1) is 7.11 Å². The summed E-state index contributed by atoms with van der Waals surface area (Å²) in [5.74, 6) is -0.153. The third kappa shape index (κ3) is 3.45. The number of halogens is 3. The second kappa shape index (κ2) is 5.59. The van der Waals surface area contributed by atoms with Crippen LogP contribution >= 0.6 is 0 Å².